The van der Waals surface area contributed by atoms with Gasteiger partial charge in [-0.1, -0.05) is 89.5 Å². The van der Waals surface area contributed by atoms with Gasteiger partial charge in [-0.05, 0) is 51.4 Å². The molecule has 10 nitrogen and oxygen atoms in total. The highest BCUT2D eigenvalue weighted by molar-refractivity contribution is 5.72. The number of allylic oxidation sites excluding steroid dienone is 4. The van der Waals surface area contributed by atoms with E-state index in [1.165, 1.54) is 25.7 Å². The quantitative estimate of drug-likeness (QED) is 0.0545. The van der Waals surface area contributed by atoms with E-state index >= 15 is 0 Å². The van der Waals surface area contributed by atoms with Crippen molar-refractivity contribution < 1.29 is 29.6 Å². The van der Waals surface area contributed by atoms with Crippen LogP contribution >= 0.6 is 0 Å². The van der Waals surface area contributed by atoms with E-state index in [4.69, 9.17) is 10.2 Å². The highest BCUT2D eigenvalue weighted by atomic mass is 16.6. The van der Waals surface area contributed by atoms with Crippen LogP contribution in [0.5, 0.6) is 0 Å². The number of hydrogen-bond donors (Lipinski definition) is 2. The lowest BCUT2D eigenvalue weighted by molar-refractivity contribution is -0.511. The van der Waals surface area contributed by atoms with Crippen molar-refractivity contribution in [3.8, 4) is 0 Å². The Morgan fingerprint density at radius 1 is 0.579 bits per heavy atom. The SMILES string of the molecule is CCCC/C=C\CCCCCCC(C(=O)O)[N+](=O)[O-].CCCC/C=C\CCCCCCC(C(=O)O)[N+](=O)[O-]. The summed E-state index contributed by atoms with van der Waals surface area (Å²) < 4.78 is 0. The molecule has 0 rings (SSSR count). The summed E-state index contributed by atoms with van der Waals surface area (Å²) in [4.78, 5) is 40.6. The van der Waals surface area contributed by atoms with Crippen molar-refractivity contribution in [3.05, 3.63) is 44.5 Å². The van der Waals surface area contributed by atoms with Crippen LogP contribution in [0.2, 0.25) is 0 Å². The minimum Gasteiger partial charge on any atom is -0.476 e. The summed E-state index contributed by atoms with van der Waals surface area (Å²) in [7, 11) is 0. The molecule has 0 saturated carbocycles. The Morgan fingerprint density at radius 2 is 0.868 bits per heavy atom. The zero-order chi connectivity index (χ0) is 29.0. The molecule has 38 heavy (non-hydrogen) atoms. The molecule has 0 bridgehead atoms. The fourth-order valence-corrected chi connectivity index (χ4v) is 3.66. The average molecular weight is 543 g/mol. The molecule has 0 heterocycles. The second kappa shape index (κ2) is 27.3. The van der Waals surface area contributed by atoms with E-state index < -0.39 is 33.9 Å². The lowest BCUT2D eigenvalue weighted by Crippen LogP contribution is -2.28. The van der Waals surface area contributed by atoms with Crippen molar-refractivity contribution >= 4 is 11.9 Å². The molecule has 2 N–H and O–H groups in total. The predicted octanol–water partition coefficient (Wildman–Crippen LogP) is 7.61. The third-order valence-electron chi connectivity index (χ3n) is 6.06. The van der Waals surface area contributed by atoms with Gasteiger partial charge < -0.3 is 10.2 Å². The lowest BCUT2D eigenvalue weighted by Gasteiger charge is -2.04. The minimum atomic E-state index is -1.44. The van der Waals surface area contributed by atoms with E-state index in [2.05, 4.69) is 38.2 Å². The summed E-state index contributed by atoms with van der Waals surface area (Å²) in [6.45, 7) is 4.34. The van der Waals surface area contributed by atoms with Gasteiger partial charge in [-0.25, -0.2) is 9.59 Å². The Labute approximate surface area is 227 Å². The van der Waals surface area contributed by atoms with E-state index in [-0.39, 0.29) is 12.8 Å². The molecule has 0 amide bonds. The number of unbranched alkanes of at least 4 members (excludes halogenated alkanes) is 12. The van der Waals surface area contributed by atoms with Crippen LogP contribution < -0.4 is 0 Å². The van der Waals surface area contributed by atoms with Gasteiger partial charge in [-0.15, -0.1) is 0 Å². The van der Waals surface area contributed by atoms with Gasteiger partial charge in [0.15, 0.2) is 0 Å². The number of aliphatic carboxylic acids is 2. The van der Waals surface area contributed by atoms with Crippen molar-refractivity contribution in [2.75, 3.05) is 0 Å². The molecule has 0 fully saturated rings. The summed E-state index contributed by atoms with van der Waals surface area (Å²) in [5.41, 5.74) is 0. The Kier molecular flexibility index (Phi) is 26.8. The standard InChI is InChI=1S/2C14H25NO4/c2*1-2-3-4-5-6-7-8-9-10-11-12-13(14(16)17)15(18)19/h2*5-6,13H,2-4,7-12H2,1H3,(H,16,17)/b2*6-5-. The molecule has 0 radical (unpaired) electrons. The van der Waals surface area contributed by atoms with E-state index in [0.717, 1.165) is 64.2 Å². The van der Waals surface area contributed by atoms with Gasteiger partial charge in [-0.3, -0.25) is 20.2 Å². The molecule has 0 spiro atoms. The van der Waals surface area contributed by atoms with Crippen LogP contribution in [0.1, 0.15) is 129 Å². The third-order valence-corrected chi connectivity index (χ3v) is 6.06. The summed E-state index contributed by atoms with van der Waals surface area (Å²) in [6, 6.07) is -2.87. The molecule has 2 atom stereocenters. The number of carboxylic acid groups (broad SMARTS) is 2. The van der Waals surface area contributed by atoms with Gasteiger partial charge in [0.1, 0.15) is 0 Å². The number of nitro groups is 2. The number of nitrogens with zero attached hydrogens (tertiary/aromatic N) is 2. The van der Waals surface area contributed by atoms with Crippen LogP contribution in [0, 0.1) is 20.2 Å². The molecular weight excluding hydrogens is 492 g/mol. The van der Waals surface area contributed by atoms with Crippen LogP contribution in [0.15, 0.2) is 24.3 Å². The van der Waals surface area contributed by atoms with Crippen LogP contribution in [0.4, 0.5) is 0 Å². The topological polar surface area (TPSA) is 161 Å². The van der Waals surface area contributed by atoms with Crippen LogP contribution in [-0.4, -0.2) is 44.1 Å². The maximum Gasteiger partial charge on any atom is 0.379 e. The number of carboxylic acids is 2. The number of carbonyl (C=O) groups is 2. The Bertz CT molecular complexity index is 608. The highest BCUT2D eigenvalue weighted by Gasteiger charge is 2.28. The highest BCUT2D eigenvalue weighted by Crippen LogP contribution is 2.11. The van der Waals surface area contributed by atoms with Crippen molar-refractivity contribution in [3.63, 3.8) is 0 Å². The second-order valence-corrected chi connectivity index (χ2v) is 9.49. The largest absolute Gasteiger partial charge is 0.476 e. The van der Waals surface area contributed by atoms with E-state index in [1.807, 2.05) is 0 Å². The van der Waals surface area contributed by atoms with Gasteiger partial charge in [0, 0.05) is 22.7 Å². The average Bonchev–Trinajstić information content (AvgIpc) is 2.85. The summed E-state index contributed by atoms with van der Waals surface area (Å²) in [5, 5.41) is 38.2. The van der Waals surface area contributed by atoms with Gasteiger partial charge >= 0.3 is 24.0 Å². The third kappa shape index (κ3) is 24.9. The maximum absolute atomic E-state index is 10.6. The number of rotatable bonds is 24. The fraction of sp³-hybridized carbons (Fsp3) is 0.786. The van der Waals surface area contributed by atoms with Crippen molar-refractivity contribution in [1.82, 2.24) is 0 Å². The molecule has 0 aromatic rings. The summed E-state index contributed by atoms with van der Waals surface area (Å²) >= 11 is 0. The van der Waals surface area contributed by atoms with Crippen LogP contribution in [0.3, 0.4) is 0 Å². The van der Waals surface area contributed by atoms with Crippen LogP contribution in [-0.2, 0) is 9.59 Å². The first kappa shape index (κ1) is 37.4. The first-order valence-electron chi connectivity index (χ1n) is 14.2. The molecule has 0 saturated heterocycles. The Balaban J connectivity index is 0. The van der Waals surface area contributed by atoms with Gasteiger partial charge in [0.25, 0.3) is 0 Å². The van der Waals surface area contributed by atoms with E-state index in [9.17, 15) is 29.8 Å². The summed E-state index contributed by atoms with van der Waals surface area (Å²) in [6.07, 6.45) is 25.4. The van der Waals surface area contributed by atoms with Crippen molar-refractivity contribution in [1.29, 1.82) is 0 Å². The van der Waals surface area contributed by atoms with Gasteiger partial charge in [0.05, 0.1) is 0 Å². The molecule has 0 aromatic carbocycles. The second-order valence-electron chi connectivity index (χ2n) is 9.49. The molecular formula is C28H50N2O8. The minimum absolute atomic E-state index is 0.134. The van der Waals surface area contributed by atoms with E-state index in [1.54, 1.807) is 0 Å². The maximum atomic E-state index is 10.6. The Morgan fingerprint density at radius 3 is 1.13 bits per heavy atom. The van der Waals surface area contributed by atoms with Gasteiger partial charge in [-0.2, -0.15) is 0 Å². The molecule has 220 valence electrons. The fourth-order valence-electron chi connectivity index (χ4n) is 3.66. The molecule has 2 unspecified atom stereocenters. The molecule has 0 aliphatic rings. The summed E-state index contributed by atoms with van der Waals surface area (Å²) in [5.74, 6) is -2.66. The lowest BCUT2D eigenvalue weighted by atomic mass is 10.1. The normalized spacial score (nSPS) is 12.7. The first-order valence-corrected chi connectivity index (χ1v) is 14.2. The Hall–Kier alpha value is -2.78. The smallest absolute Gasteiger partial charge is 0.379 e. The van der Waals surface area contributed by atoms with Crippen molar-refractivity contribution in [2.24, 2.45) is 0 Å². The zero-order valence-corrected chi connectivity index (χ0v) is 23.4. The van der Waals surface area contributed by atoms with Crippen molar-refractivity contribution in [2.45, 2.75) is 142 Å². The molecule has 0 aliphatic carbocycles. The molecule has 0 aliphatic heterocycles. The molecule has 0 aromatic heterocycles. The predicted molar refractivity (Wildman–Crippen MR) is 150 cm³/mol. The van der Waals surface area contributed by atoms with Gasteiger partial charge in [0.2, 0.25) is 0 Å². The molecule has 10 heteroatoms. The van der Waals surface area contributed by atoms with E-state index in [0.29, 0.717) is 12.8 Å². The monoisotopic (exact) mass is 542 g/mol. The van der Waals surface area contributed by atoms with Crippen LogP contribution in [0.25, 0.3) is 0 Å². The zero-order valence-electron chi connectivity index (χ0n) is 23.4. The number of hydrogen-bond acceptors (Lipinski definition) is 6. The first-order chi connectivity index (χ1) is 18.2.